The van der Waals surface area contributed by atoms with Crippen molar-refractivity contribution in [3.63, 3.8) is 0 Å². The summed E-state index contributed by atoms with van der Waals surface area (Å²) in [5.74, 6) is -1.02. The van der Waals surface area contributed by atoms with Crippen molar-refractivity contribution >= 4 is 11.9 Å². The van der Waals surface area contributed by atoms with Gasteiger partial charge in [0.05, 0.1) is 11.5 Å². The molecule has 0 radical (unpaired) electrons. The Balaban J connectivity index is 2.58. The normalized spacial score (nSPS) is 20.3. The Hall–Kier alpha value is -1.10. The van der Waals surface area contributed by atoms with Crippen molar-refractivity contribution in [2.24, 2.45) is 11.1 Å². The summed E-state index contributed by atoms with van der Waals surface area (Å²) in [6.45, 7) is 2.18. The fraction of sp³-hybridized carbons (Fsp3) is 0.857. The van der Waals surface area contributed by atoms with Gasteiger partial charge in [-0.1, -0.05) is 39.0 Å². The van der Waals surface area contributed by atoms with E-state index >= 15 is 0 Å². The molecular formula is C14H26N2O3. The van der Waals surface area contributed by atoms with E-state index < -0.39 is 17.4 Å². The average molecular weight is 270 g/mol. The highest BCUT2D eigenvalue weighted by Crippen LogP contribution is 2.34. The minimum atomic E-state index is -0.794. The van der Waals surface area contributed by atoms with Crippen LogP contribution in [0.2, 0.25) is 0 Å². The Bertz CT molecular complexity index is 310. The molecule has 4 N–H and O–H groups in total. The first-order valence-electron chi connectivity index (χ1n) is 7.28. The zero-order valence-electron chi connectivity index (χ0n) is 11.8. The van der Waals surface area contributed by atoms with Crippen molar-refractivity contribution in [2.75, 3.05) is 6.54 Å². The fourth-order valence-electron chi connectivity index (χ4n) is 2.70. The summed E-state index contributed by atoms with van der Waals surface area (Å²) in [7, 11) is 0. The van der Waals surface area contributed by atoms with Crippen LogP contribution in [0.15, 0.2) is 0 Å². The van der Waals surface area contributed by atoms with E-state index in [0.717, 1.165) is 32.1 Å². The summed E-state index contributed by atoms with van der Waals surface area (Å²) >= 11 is 0. The Morgan fingerprint density at radius 1 is 1.26 bits per heavy atom. The Morgan fingerprint density at radius 3 is 2.32 bits per heavy atom. The SMILES string of the molecule is CCC[C@@H](N)C(=O)NCC1(C(=O)O)CCCCCC1. The predicted octanol–water partition coefficient (Wildman–Crippen LogP) is 1.66. The molecule has 0 aromatic rings. The minimum Gasteiger partial charge on any atom is -0.481 e. The number of rotatable bonds is 6. The first-order valence-corrected chi connectivity index (χ1v) is 7.28. The number of carbonyl (C=O) groups excluding carboxylic acids is 1. The lowest BCUT2D eigenvalue weighted by molar-refractivity contribution is -0.149. The van der Waals surface area contributed by atoms with Gasteiger partial charge in [-0.2, -0.15) is 0 Å². The molecular weight excluding hydrogens is 244 g/mol. The number of hydrogen-bond acceptors (Lipinski definition) is 3. The first-order chi connectivity index (χ1) is 9.02. The number of carbonyl (C=O) groups is 2. The van der Waals surface area contributed by atoms with Crippen LogP contribution in [0.4, 0.5) is 0 Å². The van der Waals surface area contributed by atoms with Crippen LogP contribution in [0.5, 0.6) is 0 Å². The number of nitrogens with one attached hydrogen (secondary N) is 1. The summed E-state index contributed by atoms with van der Waals surface area (Å²) in [5, 5.41) is 12.2. The van der Waals surface area contributed by atoms with Gasteiger partial charge in [0.2, 0.25) is 5.91 Å². The molecule has 0 spiro atoms. The van der Waals surface area contributed by atoms with Crippen LogP contribution in [0, 0.1) is 5.41 Å². The third-order valence-corrected chi connectivity index (χ3v) is 4.05. The molecule has 0 aliphatic heterocycles. The van der Waals surface area contributed by atoms with E-state index in [0.29, 0.717) is 19.3 Å². The Labute approximate surface area is 114 Å². The van der Waals surface area contributed by atoms with E-state index in [1.807, 2.05) is 6.92 Å². The van der Waals surface area contributed by atoms with Gasteiger partial charge < -0.3 is 16.2 Å². The van der Waals surface area contributed by atoms with Crippen LogP contribution in [0.1, 0.15) is 58.3 Å². The average Bonchev–Trinajstić information content (AvgIpc) is 2.62. The topological polar surface area (TPSA) is 92.4 Å². The third kappa shape index (κ3) is 4.49. The van der Waals surface area contributed by atoms with Crippen LogP contribution in [-0.2, 0) is 9.59 Å². The zero-order chi connectivity index (χ0) is 14.3. The Morgan fingerprint density at radius 2 is 1.84 bits per heavy atom. The van der Waals surface area contributed by atoms with E-state index in [1.54, 1.807) is 0 Å². The maximum Gasteiger partial charge on any atom is 0.311 e. The molecule has 1 saturated carbocycles. The second-order valence-corrected chi connectivity index (χ2v) is 5.61. The summed E-state index contributed by atoms with van der Waals surface area (Å²) in [6, 6.07) is -0.526. The van der Waals surface area contributed by atoms with Gasteiger partial charge in [-0.3, -0.25) is 9.59 Å². The fourth-order valence-corrected chi connectivity index (χ4v) is 2.70. The second-order valence-electron chi connectivity index (χ2n) is 5.61. The molecule has 5 nitrogen and oxygen atoms in total. The lowest BCUT2D eigenvalue weighted by atomic mass is 9.80. The van der Waals surface area contributed by atoms with Crippen LogP contribution < -0.4 is 11.1 Å². The van der Waals surface area contributed by atoms with Gasteiger partial charge in [-0.25, -0.2) is 0 Å². The molecule has 0 heterocycles. The number of carboxylic acids is 1. The molecule has 1 atom stereocenters. The number of hydrogen-bond donors (Lipinski definition) is 3. The molecule has 1 fully saturated rings. The van der Waals surface area contributed by atoms with Crippen molar-refractivity contribution in [3.8, 4) is 0 Å². The minimum absolute atomic E-state index is 0.207. The molecule has 0 saturated heterocycles. The van der Waals surface area contributed by atoms with Gasteiger partial charge in [0.15, 0.2) is 0 Å². The van der Waals surface area contributed by atoms with Crippen LogP contribution in [0.25, 0.3) is 0 Å². The van der Waals surface area contributed by atoms with Gasteiger partial charge in [-0.15, -0.1) is 0 Å². The number of nitrogens with two attached hydrogens (primary N) is 1. The van der Waals surface area contributed by atoms with Crippen LogP contribution in [-0.4, -0.2) is 29.6 Å². The summed E-state index contributed by atoms with van der Waals surface area (Å²) in [6.07, 6.45) is 6.77. The lowest BCUT2D eigenvalue weighted by Gasteiger charge is -2.28. The van der Waals surface area contributed by atoms with E-state index in [1.165, 1.54) is 0 Å². The van der Waals surface area contributed by atoms with Crippen molar-refractivity contribution in [1.82, 2.24) is 5.32 Å². The summed E-state index contributed by atoms with van der Waals surface area (Å²) in [4.78, 5) is 23.4. The molecule has 1 aliphatic carbocycles. The number of amides is 1. The largest absolute Gasteiger partial charge is 0.481 e. The van der Waals surface area contributed by atoms with Crippen molar-refractivity contribution < 1.29 is 14.7 Å². The molecule has 1 aliphatic rings. The lowest BCUT2D eigenvalue weighted by Crippen LogP contribution is -2.48. The van der Waals surface area contributed by atoms with E-state index in [9.17, 15) is 14.7 Å². The van der Waals surface area contributed by atoms with Crippen molar-refractivity contribution in [3.05, 3.63) is 0 Å². The highest BCUT2D eigenvalue weighted by molar-refractivity contribution is 5.82. The molecule has 1 amide bonds. The highest BCUT2D eigenvalue weighted by Gasteiger charge is 2.39. The van der Waals surface area contributed by atoms with Gasteiger partial charge in [0.25, 0.3) is 0 Å². The predicted molar refractivity (Wildman–Crippen MR) is 73.7 cm³/mol. The summed E-state index contributed by atoms with van der Waals surface area (Å²) in [5.41, 5.74) is 4.94. The van der Waals surface area contributed by atoms with Gasteiger partial charge >= 0.3 is 5.97 Å². The molecule has 110 valence electrons. The van der Waals surface area contributed by atoms with Gasteiger partial charge in [0, 0.05) is 6.54 Å². The summed E-state index contributed by atoms with van der Waals surface area (Å²) < 4.78 is 0. The van der Waals surface area contributed by atoms with Gasteiger partial charge in [-0.05, 0) is 19.3 Å². The second kappa shape index (κ2) is 7.48. The molecule has 0 aromatic heterocycles. The molecule has 19 heavy (non-hydrogen) atoms. The quantitative estimate of drug-likeness (QED) is 0.640. The molecule has 5 heteroatoms. The molecule has 0 bridgehead atoms. The monoisotopic (exact) mass is 270 g/mol. The van der Waals surface area contributed by atoms with Crippen molar-refractivity contribution in [1.29, 1.82) is 0 Å². The molecule has 0 unspecified atom stereocenters. The van der Waals surface area contributed by atoms with Crippen LogP contribution >= 0.6 is 0 Å². The highest BCUT2D eigenvalue weighted by atomic mass is 16.4. The van der Waals surface area contributed by atoms with E-state index in [2.05, 4.69) is 5.32 Å². The molecule has 0 aromatic carbocycles. The van der Waals surface area contributed by atoms with Crippen LogP contribution in [0.3, 0.4) is 0 Å². The van der Waals surface area contributed by atoms with E-state index in [-0.39, 0.29) is 12.5 Å². The van der Waals surface area contributed by atoms with E-state index in [4.69, 9.17) is 5.73 Å². The molecule has 1 rings (SSSR count). The van der Waals surface area contributed by atoms with Crippen molar-refractivity contribution in [2.45, 2.75) is 64.3 Å². The first kappa shape index (κ1) is 16.0. The van der Waals surface area contributed by atoms with Gasteiger partial charge in [0.1, 0.15) is 0 Å². The standard InChI is InChI=1S/C14H26N2O3/c1-2-7-11(15)12(17)16-10-14(13(18)19)8-5-3-4-6-9-14/h11H,2-10,15H2,1H3,(H,16,17)(H,18,19)/t11-/m1/s1. The third-order valence-electron chi connectivity index (χ3n) is 4.05. The maximum absolute atomic E-state index is 11.8. The number of carboxylic acid groups (broad SMARTS) is 1. The zero-order valence-corrected chi connectivity index (χ0v) is 11.8. The maximum atomic E-state index is 11.8. The smallest absolute Gasteiger partial charge is 0.311 e. The number of aliphatic carboxylic acids is 1. The Kier molecular flexibility index (Phi) is 6.28.